The van der Waals surface area contributed by atoms with Crippen LogP contribution in [0.25, 0.3) is 0 Å². The average Bonchev–Trinajstić information content (AvgIpc) is 2.32. The molecule has 0 aliphatic heterocycles. The first-order valence-electron chi connectivity index (χ1n) is 5.60. The fourth-order valence-electron chi connectivity index (χ4n) is 0.763. The highest BCUT2D eigenvalue weighted by molar-refractivity contribution is 5.75. The van der Waals surface area contributed by atoms with E-state index in [4.69, 9.17) is 19.3 Å². The number of hydrogen-bond donors (Lipinski definition) is 1. The maximum atomic E-state index is 11.5. The Balaban J connectivity index is 3.52. The summed E-state index contributed by atoms with van der Waals surface area (Å²) < 4.78 is 15.0. The molecule has 0 aliphatic carbocycles. The van der Waals surface area contributed by atoms with Crippen LogP contribution in [0.3, 0.4) is 0 Å². The molecule has 0 heterocycles. The van der Waals surface area contributed by atoms with Crippen LogP contribution in [0.15, 0.2) is 12.3 Å². The molecular weight excluding hydrogens is 224 g/mol. The summed E-state index contributed by atoms with van der Waals surface area (Å²) in [5, 5.41) is 8.58. The second-order valence-electron chi connectivity index (χ2n) is 4.24. The van der Waals surface area contributed by atoms with E-state index in [2.05, 4.69) is 6.58 Å². The number of hydrogen-bond acceptors (Lipinski definition) is 5. The SMILES string of the molecule is C=C(CO)OCOCCOC(=O)C(C)(C)CC. The molecule has 0 radical (unpaired) electrons. The molecule has 0 saturated heterocycles. The van der Waals surface area contributed by atoms with Crippen LogP contribution in [0.2, 0.25) is 0 Å². The Labute approximate surface area is 102 Å². The molecule has 0 aromatic carbocycles. The molecule has 0 amide bonds. The van der Waals surface area contributed by atoms with E-state index >= 15 is 0 Å². The van der Waals surface area contributed by atoms with E-state index in [-0.39, 0.29) is 38.3 Å². The topological polar surface area (TPSA) is 65.0 Å². The molecule has 0 spiro atoms. The van der Waals surface area contributed by atoms with Crippen molar-refractivity contribution in [3.05, 3.63) is 12.3 Å². The summed E-state index contributed by atoms with van der Waals surface area (Å²) in [6.07, 6.45) is 0.728. The predicted octanol–water partition coefficient (Wildman–Crippen LogP) is 1.46. The van der Waals surface area contributed by atoms with Crippen molar-refractivity contribution in [1.82, 2.24) is 0 Å². The molecular formula is C12H22O5. The Bertz CT molecular complexity index is 247. The second kappa shape index (κ2) is 8.08. The largest absolute Gasteiger partial charge is 0.470 e. The lowest BCUT2D eigenvalue weighted by Gasteiger charge is -2.20. The molecule has 0 atom stereocenters. The van der Waals surface area contributed by atoms with Gasteiger partial charge in [0.15, 0.2) is 6.79 Å². The van der Waals surface area contributed by atoms with Gasteiger partial charge in [-0.1, -0.05) is 13.5 Å². The third-order valence-electron chi connectivity index (χ3n) is 2.42. The number of ether oxygens (including phenoxy) is 3. The highest BCUT2D eigenvalue weighted by atomic mass is 16.7. The Morgan fingerprint density at radius 3 is 2.47 bits per heavy atom. The van der Waals surface area contributed by atoms with Crippen molar-refractivity contribution in [3.63, 3.8) is 0 Å². The molecule has 0 rings (SSSR count). The van der Waals surface area contributed by atoms with E-state index in [0.717, 1.165) is 6.42 Å². The van der Waals surface area contributed by atoms with E-state index in [1.165, 1.54) is 0 Å². The van der Waals surface area contributed by atoms with Gasteiger partial charge in [-0.3, -0.25) is 4.79 Å². The maximum absolute atomic E-state index is 11.5. The lowest BCUT2D eigenvalue weighted by atomic mass is 9.91. The average molecular weight is 246 g/mol. The zero-order chi connectivity index (χ0) is 13.3. The molecule has 0 bridgehead atoms. The number of carbonyl (C=O) groups excluding carboxylic acids is 1. The summed E-state index contributed by atoms with van der Waals surface area (Å²) in [5.74, 6) is 0.0124. The molecule has 1 N–H and O–H groups in total. The smallest absolute Gasteiger partial charge is 0.311 e. The summed E-state index contributed by atoms with van der Waals surface area (Å²) in [4.78, 5) is 11.5. The normalized spacial score (nSPS) is 11.1. The van der Waals surface area contributed by atoms with Crippen LogP contribution in [0.4, 0.5) is 0 Å². The fraction of sp³-hybridized carbons (Fsp3) is 0.750. The fourth-order valence-corrected chi connectivity index (χ4v) is 0.763. The first kappa shape index (κ1) is 15.9. The Morgan fingerprint density at radius 2 is 1.94 bits per heavy atom. The van der Waals surface area contributed by atoms with Crippen LogP contribution in [-0.2, 0) is 19.0 Å². The Kier molecular flexibility index (Phi) is 7.58. The van der Waals surface area contributed by atoms with E-state index in [0.29, 0.717) is 0 Å². The van der Waals surface area contributed by atoms with Gasteiger partial charge in [-0.05, 0) is 20.3 Å². The molecule has 0 aliphatic rings. The molecule has 0 aromatic heterocycles. The van der Waals surface area contributed by atoms with Crippen LogP contribution >= 0.6 is 0 Å². The van der Waals surface area contributed by atoms with Crippen LogP contribution in [-0.4, -0.2) is 37.7 Å². The van der Waals surface area contributed by atoms with Gasteiger partial charge in [0.1, 0.15) is 12.4 Å². The molecule has 5 heteroatoms. The maximum Gasteiger partial charge on any atom is 0.311 e. The van der Waals surface area contributed by atoms with Crippen molar-refractivity contribution in [2.24, 2.45) is 5.41 Å². The quantitative estimate of drug-likeness (QED) is 0.289. The van der Waals surface area contributed by atoms with Gasteiger partial charge < -0.3 is 19.3 Å². The number of carbonyl (C=O) groups is 1. The second-order valence-corrected chi connectivity index (χ2v) is 4.24. The van der Waals surface area contributed by atoms with Gasteiger partial charge in [0, 0.05) is 0 Å². The minimum absolute atomic E-state index is 0.00584. The monoisotopic (exact) mass is 246 g/mol. The molecule has 100 valence electrons. The molecule has 5 nitrogen and oxygen atoms in total. The van der Waals surface area contributed by atoms with Crippen molar-refractivity contribution < 1.29 is 24.1 Å². The van der Waals surface area contributed by atoms with Crippen molar-refractivity contribution in [2.75, 3.05) is 26.6 Å². The molecule has 0 saturated carbocycles. The van der Waals surface area contributed by atoms with Crippen LogP contribution < -0.4 is 0 Å². The minimum atomic E-state index is -0.457. The van der Waals surface area contributed by atoms with Crippen molar-refractivity contribution in [1.29, 1.82) is 0 Å². The molecule has 17 heavy (non-hydrogen) atoms. The lowest BCUT2D eigenvalue weighted by molar-refractivity contribution is -0.156. The summed E-state index contributed by atoms with van der Waals surface area (Å²) in [6, 6.07) is 0. The third-order valence-corrected chi connectivity index (χ3v) is 2.42. The van der Waals surface area contributed by atoms with Gasteiger partial charge in [-0.25, -0.2) is 0 Å². The van der Waals surface area contributed by atoms with Crippen molar-refractivity contribution in [2.45, 2.75) is 27.2 Å². The Hall–Kier alpha value is -1.07. The van der Waals surface area contributed by atoms with Gasteiger partial charge in [-0.2, -0.15) is 0 Å². The van der Waals surface area contributed by atoms with E-state index in [9.17, 15) is 4.79 Å². The predicted molar refractivity (Wildman–Crippen MR) is 63.2 cm³/mol. The van der Waals surface area contributed by atoms with Crippen LogP contribution in [0, 0.1) is 5.41 Å². The first-order chi connectivity index (χ1) is 7.94. The van der Waals surface area contributed by atoms with Gasteiger partial charge in [0.25, 0.3) is 0 Å². The van der Waals surface area contributed by atoms with Crippen molar-refractivity contribution in [3.8, 4) is 0 Å². The zero-order valence-corrected chi connectivity index (χ0v) is 10.8. The van der Waals surface area contributed by atoms with Gasteiger partial charge in [0.2, 0.25) is 0 Å². The summed E-state index contributed by atoms with van der Waals surface area (Å²) in [7, 11) is 0. The van der Waals surface area contributed by atoms with E-state index in [1.807, 2.05) is 20.8 Å². The van der Waals surface area contributed by atoms with Crippen LogP contribution in [0.1, 0.15) is 27.2 Å². The Morgan fingerprint density at radius 1 is 1.29 bits per heavy atom. The number of aliphatic hydroxyl groups is 1. The van der Waals surface area contributed by atoms with Gasteiger partial charge in [0.05, 0.1) is 18.6 Å². The third kappa shape index (κ3) is 6.97. The highest BCUT2D eigenvalue weighted by Gasteiger charge is 2.26. The van der Waals surface area contributed by atoms with Gasteiger partial charge >= 0.3 is 5.97 Å². The number of esters is 1. The molecule has 0 unspecified atom stereocenters. The minimum Gasteiger partial charge on any atom is -0.470 e. The van der Waals surface area contributed by atoms with Crippen molar-refractivity contribution >= 4 is 5.97 Å². The zero-order valence-electron chi connectivity index (χ0n) is 10.8. The first-order valence-corrected chi connectivity index (χ1v) is 5.60. The summed E-state index contributed by atoms with van der Waals surface area (Å²) in [6.45, 7) is 9.24. The van der Waals surface area contributed by atoms with Crippen LogP contribution in [0.5, 0.6) is 0 Å². The van der Waals surface area contributed by atoms with E-state index in [1.54, 1.807) is 0 Å². The molecule has 0 fully saturated rings. The summed E-state index contributed by atoms with van der Waals surface area (Å²) in [5.41, 5.74) is -0.457. The lowest BCUT2D eigenvalue weighted by Crippen LogP contribution is -2.27. The molecule has 0 aromatic rings. The van der Waals surface area contributed by atoms with E-state index < -0.39 is 5.41 Å². The number of aliphatic hydroxyl groups excluding tert-OH is 1. The number of rotatable bonds is 9. The summed E-state index contributed by atoms with van der Waals surface area (Å²) >= 11 is 0. The standard InChI is InChI=1S/C12H22O5/c1-5-12(3,4)11(14)16-7-6-15-9-17-10(2)8-13/h13H,2,5-9H2,1,3-4H3. The van der Waals surface area contributed by atoms with Gasteiger partial charge in [-0.15, -0.1) is 0 Å². The highest BCUT2D eigenvalue weighted by Crippen LogP contribution is 2.21.